The number of likely N-dealkylation sites (N-methyl/N-ethyl adjacent to an activating group) is 1. The molecule has 0 aromatic carbocycles. The van der Waals surface area contributed by atoms with Crippen molar-refractivity contribution in [2.45, 2.75) is 37.4 Å². The molecule has 1 rings (SSSR count). The van der Waals surface area contributed by atoms with Crippen LogP contribution >= 0.6 is 0 Å². The Morgan fingerprint density at radius 3 is 2.36 bits per heavy atom. The third-order valence-corrected chi connectivity index (χ3v) is 3.63. The maximum absolute atomic E-state index is 10.9. The van der Waals surface area contributed by atoms with Gasteiger partial charge in [-0.25, -0.2) is 4.79 Å². The zero-order chi connectivity index (χ0) is 17.1. The Balaban J connectivity index is 2.56. The van der Waals surface area contributed by atoms with Crippen LogP contribution in [0.3, 0.4) is 0 Å². The Kier molecular flexibility index (Phi) is 6.27. The Hall–Kier alpha value is -1.26. The number of hydrogen-bond donors (Lipinski definition) is 3. The Labute approximate surface area is 128 Å². The van der Waals surface area contributed by atoms with E-state index in [-0.39, 0.29) is 17.6 Å². The molecule has 0 radical (unpaired) electrons. The normalized spacial score (nSPS) is 32.7. The van der Waals surface area contributed by atoms with E-state index >= 15 is 0 Å². The second-order valence-corrected chi connectivity index (χ2v) is 6.11. The Bertz CT molecular complexity index is 413. The van der Waals surface area contributed by atoms with Crippen LogP contribution in [0.25, 0.3) is 0 Å². The molecule has 0 saturated carbocycles. The first-order chi connectivity index (χ1) is 10.0. The molecule has 9 nitrogen and oxygen atoms in total. The lowest BCUT2D eigenvalue weighted by Gasteiger charge is -2.40. The predicted octanol–water partition coefficient (Wildman–Crippen LogP) is -3.21. The van der Waals surface area contributed by atoms with E-state index in [1.807, 2.05) is 0 Å². The first-order valence-electron chi connectivity index (χ1n) is 6.93. The van der Waals surface area contributed by atoms with Crippen LogP contribution in [0.15, 0.2) is 0 Å². The summed E-state index contributed by atoms with van der Waals surface area (Å²) in [6, 6.07) is 0. The van der Waals surface area contributed by atoms with Crippen molar-refractivity contribution in [1.82, 2.24) is 0 Å². The van der Waals surface area contributed by atoms with E-state index in [9.17, 15) is 24.9 Å². The number of carbonyl (C=O) groups excluding carboxylic acids is 1. The molecule has 0 spiro atoms. The molecular formula is C13H23NO8. The molecule has 9 heteroatoms. The molecule has 0 amide bonds. The summed E-state index contributed by atoms with van der Waals surface area (Å²) in [6.45, 7) is 1.80. The molecule has 1 aliphatic heterocycles. The number of carboxylic acid groups (broad SMARTS) is 2. The number of carboxylic acids is 2. The first kappa shape index (κ1) is 18.8. The Morgan fingerprint density at radius 1 is 1.27 bits per heavy atom. The first-order valence-corrected chi connectivity index (χ1v) is 6.93. The summed E-state index contributed by atoms with van der Waals surface area (Å²) in [7, 11) is 3.37. The molecule has 1 fully saturated rings. The zero-order valence-corrected chi connectivity index (χ0v) is 12.8. The van der Waals surface area contributed by atoms with Crippen molar-refractivity contribution in [2.75, 3.05) is 33.8 Å². The topological polar surface area (TPSA) is 136 Å². The lowest BCUT2D eigenvalue weighted by atomic mass is 9.95. The van der Waals surface area contributed by atoms with Gasteiger partial charge < -0.3 is 39.2 Å². The number of quaternary nitrogens is 1. The zero-order valence-electron chi connectivity index (χ0n) is 12.8. The number of ether oxygens (including phenoxy) is 2. The number of carbonyl (C=O) groups is 2. The van der Waals surface area contributed by atoms with Crippen molar-refractivity contribution in [1.29, 1.82) is 0 Å². The van der Waals surface area contributed by atoms with Crippen molar-refractivity contribution < 1.29 is 44.0 Å². The van der Waals surface area contributed by atoms with Crippen molar-refractivity contribution in [2.24, 2.45) is 0 Å². The monoisotopic (exact) mass is 321 g/mol. The van der Waals surface area contributed by atoms with Crippen molar-refractivity contribution in [3.8, 4) is 0 Å². The van der Waals surface area contributed by atoms with Crippen LogP contribution in [0, 0.1) is 0 Å². The summed E-state index contributed by atoms with van der Waals surface area (Å²) >= 11 is 0. The fraction of sp³-hybridized carbons (Fsp3) is 0.846. The van der Waals surface area contributed by atoms with Gasteiger partial charge >= 0.3 is 5.97 Å². The minimum atomic E-state index is -1.59. The maximum Gasteiger partial charge on any atom is 0.335 e. The minimum Gasteiger partial charge on any atom is -0.544 e. The molecule has 22 heavy (non-hydrogen) atoms. The highest BCUT2D eigenvalue weighted by molar-refractivity contribution is 5.73. The minimum absolute atomic E-state index is 0.111. The number of aliphatic carboxylic acids is 2. The van der Waals surface area contributed by atoms with Crippen LogP contribution in [-0.4, -0.2) is 96.1 Å². The highest BCUT2D eigenvalue weighted by Gasteiger charge is 2.46. The molecule has 0 aliphatic carbocycles. The molecule has 3 N–H and O–H groups in total. The van der Waals surface area contributed by atoms with E-state index in [4.69, 9.17) is 14.6 Å². The third-order valence-electron chi connectivity index (χ3n) is 3.63. The standard InChI is InChI=1S/C13H23NO8/c1-7-11(9(17)10(18)12(22-7)13(19)20)21-5-4-14(2,3)6-8(15)16/h7,9-12,17-18H,4-6H2,1-3H3,(H-,15,16,19,20)/t7?,9-,10-,11-,12?/m0/s1. The summed E-state index contributed by atoms with van der Waals surface area (Å²) in [5.74, 6) is -2.54. The summed E-state index contributed by atoms with van der Waals surface area (Å²) < 4.78 is 10.7. The Morgan fingerprint density at radius 2 is 1.86 bits per heavy atom. The third kappa shape index (κ3) is 4.89. The van der Waals surface area contributed by atoms with Gasteiger partial charge in [0.1, 0.15) is 31.4 Å². The summed E-state index contributed by atoms with van der Waals surface area (Å²) in [5, 5.41) is 39.2. The molecule has 0 aromatic heterocycles. The highest BCUT2D eigenvalue weighted by atomic mass is 16.6. The molecule has 1 heterocycles. The molecule has 0 bridgehead atoms. The number of hydrogen-bond acceptors (Lipinski definition) is 7. The van der Waals surface area contributed by atoms with E-state index in [2.05, 4.69) is 0 Å². The molecule has 1 saturated heterocycles. The van der Waals surface area contributed by atoms with E-state index in [1.54, 1.807) is 14.1 Å². The van der Waals surface area contributed by atoms with E-state index in [0.717, 1.165) is 0 Å². The second-order valence-electron chi connectivity index (χ2n) is 6.11. The lowest BCUT2D eigenvalue weighted by Crippen LogP contribution is -2.60. The van der Waals surface area contributed by atoms with Crippen LogP contribution < -0.4 is 5.11 Å². The van der Waals surface area contributed by atoms with Crippen molar-refractivity contribution in [3.63, 3.8) is 0 Å². The number of aliphatic hydroxyl groups excluding tert-OH is 2. The molecule has 1 aliphatic rings. The van der Waals surface area contributed by atoms with Crippen molar-refractivity contribution in [3.05, 3.63) is 0 Å². The number of aliphatic hydroxyl groups is 2. The van der Waals surface area contributed by atoms with Crippen LogP contribution in [-0.2, 0) is 19.1 Å². The summed E-state index contributed by atoms with van der Waals surface area (Å²) in [4.78, 5) is 21.5. The van der Waals surface area contributed by atoms with Gasteiger partial charge in [0.05, 0.1) is 32.8 Å². The van der Waals surface area contributed by atoms with Gasteiger partial charge in [0, 0.05) is 0 Å². The fourth-order valence-corrected chi connectivity index (χ4v) is 2.34. The lowest BCUT2D eigenvalue weighted by molar-refractivity contribution is -0.885. The highest BCUT2D eigenvalue weighted by Crippen LogP contribution is 2.23. The second kappa shape index (κ2) is 7.34. The summed E-state index contributed by atoms with van der Waals surface area (Å²) in [6.07, 6.45) is -6.12. The van der Waals surface area contributed by atoms with Gasteiger partial charge in [0.15, 0.2) is 6.10 Å². The van der Waals surface area contributed by atoms with Gasteiger partial charge in [0.2, 0.25) is 0 Å². The maximum atomic E-state index is 10.9. The molecular weight excluding hydrogens is 298 g/mol. The molecule has 0 aromatic rings. The largest absolute Gasteiger partial charge is 0.544 e. The molecule has 2 unspecified atom stereocenters. The smallest absolute Gasteiger partial charge is 0.335 e. The van der Waals surface area contributed by atoms with Gasteiger partial charge in [-0.1, -0.05) is 0 Å². The van der Waals surface area contributed by atoms with Crippen LogP contribution in [0.1, 0.15) is 6.92 Å². The van der Waals surface area contributed by atoms with Crippen molar-refractivity contribution >= 4 is 11.9 Å². The quantitative estimate of drug-likeness (QED) is 0.417. The van der Waals surface area contributed by atoms with E-state index in [0.29, 0.717) is 6.54 Å². The van der Waals surface area contributed by atoms with E-state index in [1.165, 1.54) is 6.92 Å². The van der Waals surface area contributed by atoms with Crippen LogP contribution in [0.4, 0.5) is 0 Å². The number of rotatable bonds is 7. The fourth-order valence-electron chi connectivity index (χ4n) is 2.34. The van der Waals surface area contributed by atoms with Crippen LogP contribution in [0.5, 0.6) is 0 Å². The average Bonchev–Trinajstić information content (AvgIpc) is 2.35. The van der Waals surface area contributed by atoms with Gasteiger partial charge in [-0.3, -0.25) is 0 Å². The van der Waals surface area contributed by atoms with Gasteiger partial charge in [-0.05, 0) is 6.92 Å². The van der Waals surface area contributed by atoms with Gasteiger partial charge in [0.25, 0.3) is 0 Å². The molecule has 128 valence electrons. The summed E-state index contributed by atoms with van der Waals surface area (Å²) in [5.41, 5.74) is 0. The number of nitrogens with zero attached hydrogens (tertiary/aromatic N) is 1. The SMILES string of the molecule is CC1OC(C(=O)O)[C@@H](O)[C@H](O)[C@H]1OCC[N+](C)(C)CC(=O)[O-]. The molecule has 5 atom stereocenters. The predicted molar refractivity (Wildman–Crippen MR) is 70.6 cm³/mol. The van der Waals surface area contributed by atoms with Gasteiger partial charge in [-0.2, -0.15) is 0 Å². The van der Waals surface area contributed by atoms with Gasteiger partial charge in [-0.15, -0.1) is 0 Å². The van der Waals surface area contributed by atoms with E-state index < -0.39 is 42.5 Å². The average molecular weight is 321 g/mol. The van der Waals surface area contributed by atoms with Crippen LogP contribution in [0.2, 0.25) is 0 Å².